The summed E-state index contributed by atoms with van der Waals surface area (Å²) in [7, 11) is 0. The minimum absolute atomic E-state index is 0.159. The van der Waals surface area contributed by atoms with Gasteiger partial charge in [-0.3, -0.25) is 9.59 Å². The van der Waals surface area contributed by atoms with Crippen LogP contribution in [-0.4, -0.2) is 45.6 Å². The first-order valence-corrected chi connectivity index (χ1v) is 9.68. The highest BCUT2D eigenvalue weighted by atomic mass is 16.5. The number of rotatable bonds is 11. The molecule has 30 heavy (non-hydrogen) atoms. The van der Waals surface area contributed by atoms with Crippen LogP contribution in [0.1, 0.15) is 36.8 Å². The van der Waals surface area contributed by atoms with E-state index in [9.17, 15) is 30.0 Å². The maximum atomic E-state index is 11.7. The van der Waals surface area contributed by atoms with Crippen LogP contribution in [0.5, 0.6) is 23.0 Å². The number of hydrogen-bond donors (Lipinski definition) is 4. The smallest absolute Gasteiger partial charge is 0.306 e. The van der Waals surface area contributed by atoms with Crippen molar-refractivity contribution in [1.29, 1.82) is 0 Å². The number of hydrogen-bond acceptors (Lipinski definition) is 8. The van der Waals surface area contributed by atoms with Gasteiger partial charge < -0.3 is 29.9 Å². The van der Waals surface area contributed by atoms with Gasteiger partial charge in [0, 0.05) is 12.8 Å². The van der Waals surface area contributed by atoms with Gasteiger partial charge in [0.25, 0.3) is 0 Å². The number of carbonyl (C=O) groups is 2. The number of benzene rings is 2. The molecule has 8 nitrogen and oxygen atoms in total. The van der Waals surface area contributed by atoms with Gasteiger partial charge in [0.2, 0.25) is 0 Å². The van der Waals surface area contributed by atoms with Crippen molar-refractivity contribution >= 4 is 11.9 Å². The molecule has 0 atom stereocenters. The van der Waals surface area contributed by atoms with Crippen molar-refractivity contribution in [3.8, 4) is 23.0 Å². The summed E-state index contributed by atoms with van der Waals surface area (Å²) in [5, 5.41) is 37.3. The molecule has 0 aliphatic carbocycles. The van der Waals surface area contributed by atoms with E-state index in [-0.39, 0.29) is 61.0 Å². The molecule has 0 aliphatic rings. The fourth-order valence-corrected chi connectivity index (χ4v) is 2.66. The Morgan fingerprint density at radius 3 is 1.40 bits per heavy atom. The number of aryl methyl sites for hydroxylation is 2. The molecule has 2 rings (SSSR count). The molecule has 2 aromatic carbocycles. The van der Waals surface area contributed by atoms with E-state index in [0.29, 0.717) is 25.7 Å². The molecule has 0 radical (unpaired) electrons. The Morgan fingerprint density at radius 1 is 0.633 bits per heavy atom. The largest absolute Gasteiger partial charge is 0.504 e. The maximum Gasteiger partial charge on any atom is 0.306 e. The van der Waals surface area contributed by atoms with Crippen molar-refractivity contribution in [2.24, 2.45) is 0 Å². The summed E-state index contributed by atoms with van der Waals surface area (Å²) < 4.78 is 10.2. The van der Waals surface area contributed by atoms with Gasteiger partial charge in [-0.25, -0.2) is 0 Å². The lowest BCUT2D eigenvalue weighted by molar-refractivity contribution is -0.146. The Morgan fingerprint density at radius 2 is 1.03 bits per heavy atom. The quantitative estimate of drug-likeness (QED) is 0.249. The second kappa shape index (κ2) is 11.5. The normalized spacial score (nSPS) is 10.5. The summed E-state index contributed by atoms with van der Waals surface area (Å²) in [6.45, 7) is 0.452. The lowest BCUT2D eigenvalue weighted by Crippen LogP contribution is -2.10. The van der Waals surface area contributed by atoms with Gasteiger partial charge in [0.15, 0.2) is 23.0 Å². The number of carbonyl (C=O) groups excluding carboxylic acids is 2. The molecule has 4 N–H and O–H groups in total. The SMILES string of the molecule is O=C(CCc1ccc(O)c(O)c1)OCCCCOC(=O)CCc1ccc(O)c(O)c1. The molecule has 162 valence electrons. The Hall–Kier alpha value is -3.42. The summed E-state index contributed by atoms with van der Waals surface area (Å²) >= 11 is 0. The van der Waals surface area contributed by atoms with E-state index in [4.69, 9.17) is 9.47 Å². The number of phenols is 4. The number of aromatic hydroxyl groups is 4. The van der Waals surface area contributed by atoms with Crippen molar-refractivity contribution in [2.45, 2.75) is 38.5 Å². The summed E-state index contributed by atoms with van der Waals surface area (Å²) in [6, 6.07) is 8.79. The van der Waals surface area contributed by atoms with Gasteiger partial charge in [-0.1, -0.05) is 12.1 Å². The molecule has 0 amide bonds. The highest BCUT2D eigenvalue weighted by Crippen LogP contribution is 2.26. The Labute approximate surface area is 174 Å². The van der Waals surface area contributed by atoms with Crippen LogP contribution < -0.4 is 0 Å². The lowest BCUT2D eigenvalue weighted by atomic mass is 10.1. The molecule has 8 heteroatoms. The van der Waals surface area contributed by atoms with Crippen LogP contribution in [0.4, 0.5) is 0 Å². The maximum absolute atomic E-state index is 11.7. The first-order valence-electron chi connectivity index (χ1n) is 9.68. The van der Waals surface area contributed by atoms with Crippen LogP contribution in [0, 0.1) is 0 Å². The van der Waals surface area contributed by atoms with E-state index in [1.165, 1.54) is 24.3 Å². The van der Waals surface area contributed by atoms with Crippen LogP contribution >= 0.6 is 0 Å². The van der Waals surface area contributed by atoms with Crippen LogP contribution in [0.25, 0.3) is 0 Å². The summed E-state index contributed by atoms with van der Waals surface area (Å²) in [5.41, 5.74) is 1.44. The van der Waals surface area contributed by atoms with Crippen molar-refractivity contribution in [3.05, 3.63) is 47.5 Å². The molecular formula is C22H26O8. The van der Waals surface area contributed by atoms with Gasteiger partial charge in [0.1, 0.15) is 0 Å². The average molecular weight is 418 g/mol. The fourth-order valence-electron chi connectivity index (χ4n) is 2.66. The molecule has 0 spiro atoms. The molecule has 0 heterocycles. The van der Waals surface area contributed by atoms with Crippen molar-refractivity contribution < 1.29 is 39.5 Å². The predicted octanol–water partition coefficient (Wildman–Crippen LogP) is 2.94. The second-order valence-electron chi connectivity index (χ2n) is 6.79. The first-order chi connectivity index (χ1) is 14.3. The monoisotopic (exact) mass is 418 g/mol. The Bertz CT molecular complexity index is 791. The van der Waals surface area contributed by atoms with E-state index in [2.05, 4.69) is 0 Å². The van der Waals surface area contributed by atoms with Crippen LogP contribution in [0.3, 0.4) is 0 Å². The molecule has 0 fully saturated rings. The number of esters is 2. The average Bonchev–Trinajstić information content (AvgIpc) is 2.72. The van der Waals surface area contributed by atoms with Gasteiger partial charge in [0.05, 0.1) is 13.2 Å². The standard InChI is InChI=1S/C22H26O8/c23-17-7-3-15(13-19(17)25)5-9-21(27)29-11-1-2-12-30-22(28)10-6-16-4-8-18(24)20(26)14-16/h3-4,7-8,13-14,23-26H,1-2,5-6,9-12H2. The van der Waals surface area contributed by atoms with Crippen molar-refractivity contribution in [1.82, 2.24) is 0 Å². The van der Waals surface area contributed by atoms with Crippen LogP contribution in [-0.2, 0) is 31.9 Å². The van der Waals surface area contributed by atoms with E-state index >= 15 is 0 Å². The molecule has 0 unspecified atom stereocenters. The van der Waals surface area contributed by atoms with Crippen molar-refractivity contribution in [3.63, 3.8) is 0 Å². The van der Waals surface area contributed by atoms with Gasteiger partial charge in [-0.2, -0.15) is 0 Å². The third-order valence-corrected chi connectivity index (χ3v) is 4.38. The van der Waals surface area contributed by atoms with E-state index in [1.54, 1.807) is 12.1 Å². The van der Waals surface area contributed by atoms with Crippen molar-refractivity contribution in [2.75, 3.05) is 13.2 Å². The number of ether oxygens (including phenoxy) is 2. The van der Waals surface area contributed by atoms with E-state index < -0.39 is 0 Å². The van der Waals surface area contributed by atoms with Gasteiger partial charge >= 0.3 is 11.9 Å². The Balaban J connectivity index is 1.51. The third kappa shape index (κ3) is 7.90. The van der Waals surface area contributed by atoms with Crippen LogP contribution in [0.2, 0.25) is 0 Å². The Kier molecular flexibility index (Phi) is 8.80. The molecule has 0 aliphatic heterocycles. The van der Waals surface area contributed by atoms with E-state index in [0.717, 1.165) is 11.1 Å². The highest BCUT2D eigenvalue weighted by molar-refractivity contribution is 5.70. The molecule has 0 saturated carbocycles. The molecule has 0 saturated heterocycles. The summed E-state index contributed by atoms with van der Waals surface area (Å²) in [4.78, 5) is 23.4. The lowest BCUT2D eigenvalue weighted by Gasteiger charge is -2.07. The minimum atomic E-state index is -0.364. The first kappa shape index (κ1) is 22.9. The zero-order valence-electron chi connectivity index (χ0n) is 16.5. The molecular weight excluding hydrogens is 392 g/mol. The zero-order valence-corrected chi connectivity index (χ0v) is 16.5. The molecule has 0 bridgehead atoms. The van der Waals surface area contributed by atoms with Crippen LogP contribution in [0.15, 0.2) is 36.4 Å². The zero-order chi connectivity index (χ0) is 21.9. The minimum Gasteiger partial charge on any atom is -0.504 e. The summed E-state index contributed by atoms with van der Waals surface area (Å²) in [6.07, 6.45) is 2.22. The number of phenolic OH excluding ortho intramolecular Hbond substituents is 4. The predicted molar refractivity (Wildman–Crippen MR) is 107 cm³/mol. The second-order valence-corrected chi connectivity index (χ2v) is 6.79. The van der Waals surface area contributed by atoms with E-state index in [1.807, 2.05) is 0 Å². The molecule has 2 aromatic rings. The molecule has 0 aromatic heterocycles. The highest BCUT2D eigenvalue weighted by Gasteiger charge is 2.08. The topological polar surface area (TPSA) is 134 Å². The van der Waals surface area contributed by atoms with Gasteiger partial charge in [-0.05, 0) is 61.1 Å². The third-order valence-electron chi connectivity index (χ3n) is 4.38. The summed E-state index contributed by atoms with van der Waals surface area (Å²) in [5.74, 6) is -1.59. The van der Waals surface area contributed by atoms with Gasteiger partial charge in [-0.15, -0.1) is 0 Å². The fraction of sp³-hybridized carbons (Fsp3) is 0.364. The number of unbranched alkanes of at least 4 members (excludes halogenated alkanes) is 1.